The minimum atomic E-state index is 0.0897. The molecule has 0 aromatic carbocycles. The Balaban J connectivity index is 1.23. The van der Waals surface area contributed by atoms with Crippen LogP contribution in [-0.4, -0.2) is 77.5 Å². The molecule has 3 aliphatic rings. The normalized spacial score (nSPS) is 20.5. The van der Waals surface area contributed by atoms with Gasteiger partial charge in [-0.15, -0.1) is 0 Å². The Morgan fingerprint density at radius 1 is 1.03 bits per heavy atom. The average molecular weight is 430 g/mol. The third-order valence-electron chi connectivity index (χ3n) is 7.07. The maximum atomic E-state index is 12.6. The SMILES string of the molecule is CCCCNc1nc(N)c2c(n1)N(CCCCN1CCN(C3CCCC3)CC1)C(=O)C2. The fourth-order valence-corrected chi connectivity index (χ4v) is 5.16. The van der Waals surface area contributed by atoms with Crippen LogP contribution in [0.1, 0.15) is 63.9 Å². The Hall–Kier alpha value is -1.93. The summed E-state index contributed by atoms with van der Waals surface area (Å²) in [6.07, 6.45) is 10.2. The van der Waals surface area contributed by atoms with E-state index in [0.29, 0.717) is 30.5 Å². The van der Waals surface area contributed by atoms with Crippen molar-refractivity contribution >= 4 is 23.5 Å². The molecule has 0 atom stereocenters. The van der Waals surface area contributed by atoms with Gasteiger partial charge in [-0.1, -0.05) is 26.2 Å². The van der Waals surface area contributed by atoms with Crippen LogP contribution in [0, 0.1) is 0 Å². The summed E-state index contributed by atoms with van der Waals surface area (Å²) < 4.78 is 0. The highest BCUT2D eigenvalue weighted by atomic mass is 16.2. The number of nitrogens with zero attached hydrogens (tertiary/aromatic N) is 5. The van der Waals surface area contributed by atoms with Gasteiger partial charge in [0, 0.05) is 50.9 Å². The van der Waals surface area contributed by atoms with E-state index in [2.05, 4.69) is 32.0 Å². The summed E-state index contributed by atoms with van der Waals surface area (Å²) in [5, 5.41) is 3.23. The Labute approximate surface area is 186 Å². The van der Waals surface area contributed by atoms with Crippen LogP contribution in [0.25, 0.3) is 0 Å². The van der Waals surface area contributed by atoms with E-state index in [0.717, 1.165) is 50.4 Å². The first kappa shape index (κ1) is 22.3. The molecule has 3 heterocycles. The van der Waals surface area contributed by atoms with Crippen molar-refractivity contribution in [3.05, 3.63) is 5.56 Å². The molecule has 1 aliphatic carbocycles. The highest BCUT2D eigenvalue weighted by molar-refractivity contribution is 6.01. The van der Waals surface area contributed by atoms with Crippen LogP contribution in [0.4, 0.5) is 17.6 Å². The first-order chi connectivity index (χ1) is 15.2. The van der Waals surface area contributed by atoms with Gasteiger partial charge in [0.25, 0.3) is 0 Å². The number of aromatic nitrogens is 2. The maximum Gasteiger partial charge on any atom is 0.232 e. The number of anilines is 3. The molecular weight excluding hydrogens is 390 g/mol. The molecule has 8 heteroatoms. The zero-order valence-electron chi connectivity index (χ0n) is 19.1. The maximum absolute atomic E-state index is 12.6. The van der Waals surface area contributed by atoms with Gasteiger partial charge in [-0.05, 0) is 38.6 Å². The zero-order valence-corrected chi connectivity index (χ0v) is 19.1. The van der Waals surface area contributed by atoms with Crippen LogP contribution >= 0.6 is 0 Å². The summed E-state index contributed by atoms with van der Waals surface area (Å²) >= 11 is 0. The number of hydrogen-bond acceptors (Lipinski definition) is 7. The van der Waals surface area contributed by atoms with Crippen LogP contribution in [0.3, 0.4) is 0 Å². The number of rotatable bonds is 10. The molecule has 1 saturated carbocycles. The van der Waals surface area contributed by atoms with E-state index >= 15 is 0 Å². The molecule has 4 rings (SSSR count). The number of nitrogens with one attached hydrogen (secondary N) is 1. The predicted octanol–water partition coefficient (Wildman–Crippen LogP) is 2.50. The van der Waals surface area contributed by atoms with Gasteiger partial charge in [0.15, 0.2) is 0 Å². The molecule has 1 saturated heterocycles. The summed E-state index contributed by atoms with van der Waals surface area (Å²) in [4.78, 5) is 28.7. The number of nitrogens with two attached hydrogens (primary N) is 1. The average Bonchev–Trinajstić information content (AvgIpc) is 3.41. The van der Waals surface area contributed by atoms with E-state index in [4.69, 9.17) is 5.73 Å². The highest BCUT2D eigenvalue weighted by Gasteiger charge is 2.31. The quantitative estimate of drug-likeness (QED) is 0.552. The van der Waals surface area contributed by atoms with E-state index in [1.54, 1.807) is 0 Å². The van der Waals surface area contributed by atoms with Crippen molar-refractivity contribution in [2.24, 2.45) is 0 Å². The number of carbonyl (C=O) groups excluding carboxylic acids is 1. The highest BCUT2D eigenvalue weighted by Crippen LogP contribution is 2.31. The van der Waals surface area contributed by atoms with E-state index in [1.165, 1.54) is 51.9 Å². The van der Waals surface area contributed by atoms with Gasteiger partial charge in [-0.2, -0.15) is 9.97 Å². The van der Waals surface area contributed by atoms with Crippen molar-refractivity contribution in [2.45, 2.75) is 70.8 Å². The van der Waals surface area contributed by atoms with Crippen molar-refractivity contribution < 1.29 is 4.79 Å². The second kappa shape index (κ2) is 10.6. The molecule has 2 aliphatic heterocycles. The van der Waals surface area contributed by atoms with Crippen molar-refractivity contribution in [1.82, 2.24) is 19.8 Å². The van der Waals surface area contributed by atoms with Gasteiger partial charge in [0.2, 0.25) is 11.9 Å². The number of hydrogen-bond donors (Lipinski definition) is 2. The molecule has 8 nitrogen and oxygen atoms in total. The topological polar surface area (TPSA) is 90.6 Å². The Kier molecular flexibility index (Phi) is 7.61. The summed E-state index contributed by atoms with van der Waals surface area (Å²) in [5.74, 6) is 1.76. The largest absolute Gasteiger partial charge is 0.383 e. The fraction of sp³-hybridized carbons (Fsp3) is 0.783. The second-order valence-corrected chi connectivity index (χ2v) is 9.26. The monoisotopic (exact) mass is 429 g/mol. The lowest BCUT2D eigenvalue weighted by Crippen LogP contribution is -2.49. The summed E-state index contributed by atoms with van der Waals surface area (Å²) in [6.45, 7) is 9.57. The Bertz CT molecular complexity index is 742. The summed E-state index contributed by atoms with van der Waals surface area (Å²) in [6, 6.07) is 0.846. The van der Waals surface area contributed by atoms with Gasteiger partial charge in [-0.3, -0.25) is 14.6 Å². The molecule has 172 valence electrons. The lowest BCUT2D eigenvalue weighted by molar-refractivity contribution is -0.117. The number of carbonyl (C=O) groups is 1. The molecule has 0 radical (unpaired) electrons. The first-order valence-corrected chi connectivity index (χ1v) is 12.3. The van der Waals surface area contributed by atoms with E-state index in [9.17, 15) is 4.79 Å². The van der Waals surface area contributed by atoms with E-state index < -0.39 is 0 Å². The lowest BCUT2D eigenvalue weighted by atomic mass is 10.1. The standard InChI is InChI=1S/C23H39N7O/c1-2-3-10-25-23-26-21(24)19-17-20(31)30(22(19)27-23)12-7-6-11-28-13-15-29(16-14-28)18-8-4-5-9-18/h18H,2-17H2,1H3,(H3,24,25,26,27). The minimum absolute atomic E-state index is 0.0897. The molecule has 1 amide bonds. The van der Waals surface area contributed by atoms with Crippen LogP contribution in [-0.2, 0) is 11.2 Å². The smallest absolute Gasteiger partial charge is 0.232 e. The van der Waals surface area contributed by atoms with Crippen LogP contribution in [0.15, 0.2) is 0 Å². The molecule has 1 aromatic heterocycles. The zero-order chi connectivity index (χ0) is 21.6. The number of unbranched alkanes of at least 4 members (excludes halogenated alkanes) is 2. The van der Waals surface area contributed by atoms with Crippen molar-refractivity contribution in [3.63, 3.8) is 0 Å². The summed E-state index contributed by atoms with van der Waals surface area (Å²) in [5.41, 5.74) is 6.92. The number of fused-ring (bicyclic) bond motifs is 1. The molecular formula is C23H39N7O. The van der Waals surface area contributed by atoms with Crippen LogP contribution in [0.2, 0.25) is 0 Å². The third kappa shape index (κ3) is 5.47. The molecule has 31 heavy (non-hydrogen) atoms. The fourth-order valence-electron chi connectivity index (χ4n) is 5.16. The van der Waals surface area contributed by atoms with Gasteiger partial charge in [0.05, 0.1) is 6.42 Å². The van der Waals surface area contributed by atoms with Crippen molar-refractivity contribution in [3.8, 4) is 0 Å². The van der Waals surface area contributed by atoms with Crippen LogP contribution < -0.4 is 16.0 Å². The van der Waals surface area contributed by atoms with E-state index in [1.807, 2.05) is 4.90 Å². The molecule has 1 aromatic rings. The van der Waals surface area contributed by atoms with Crippen LogP contribution in [0.5, 0.6) is 0 Å². The van der Waals surface area contributed by atoms with Crippen molar-refractivity contribution in [1.29, 1.82) is 0 Å². The molecule has 0 bridgehead atoms. The molecule has 3 N–H and O–H groups in total. The number of piperazine rings is 1. The lowest BCUT2D eigenvalue weighted by Gasteiger charge is -2.38. The van der Waals surface area contributed by atoms with E-state index in [-0.39, 0.29) is 5.91 Å². The third-order valence-corrected chi connectivity index (χ3v) is 7.07. The minimum Gasteiger partial charge on any atom is -0.383 e. The first-order valence-electron chi connectivity index (χ1n) is 12.3. The Morgan fingerprint density at radius 3 is 2.52 bits per heavy atom. The Morgan fingerprint density at radius 2 is 1.77 bits per heavy atom. The van der Waals surface area contributed by atoms with Crippen molar-refractivity contribution in [2.75, 3.05) is 61.8 Å². The molecule has 0 unspecified atom stereocenters. The van der Waals surface area contributed by atoms with Gasteiger partial charge in [0.1, 0.15) is 11.6 Å². The number of amides is 1. The summed E-state index contributed by atoms with van der Waals surface area (Å²) in [7, 11) is 0. The van der Waals surface area contributed by atoms with Gasteiger partial charge >= 0.3 is 0 Å². The second-order valence-electron chi connectivity index (χ2n) is 9.26. The number of nitrogen functional groups attached to an aromatic ring is 1. The predicted molar refractivity (Wildman–Crippen MR) is 125 cm³/mol. The molecule has 2 fully saturated rings. The van der Waals surface area contributed by atoms with Gasteiger partial charge < -0.3 is 16.0 Å². The van der Waals surface area contributed by atoms with Gasteiger partial charge in [-0.25, -0.2) is 0 Å². The molecule has 0 spiro atoms.